The van der Waals surface area contributed by atoms with Crippen LogP contribution in [0.25, 0.3) is 0 Å². The van der Waals surface area contributed by atoms with E-state index in [9.17, 15) is 0 Å². The summed E-state index contributed by atoms with van der Waals surface area (Å²) in [4.78, 5) is 0. The Balaban J connectivity index is 1.68. The van der Waals surface area contributed by atoms with Crippen molar-refractivity contribution in [1.29, 1.82) is 0 Å². The van der Waals surface area contributed by atoms with E-state index in [0.29, 0.717) is 12.7 Å². The van der Waals surface area contributed by atoms with E-state index in [4.69, 9.17) is 9.47 Å². The molecule has 2 bridgehead atoms. The van der Waals surface area contributed by atoms with Gasteiger partial charge in [-0.15, -0.1) is 0 Å². The molecular formula is C16H22O2. The highest BCUT2D eigenvalue weighted by Crippen LogP contribution is 2.43. The molecule has 2 aliphatic rings. The molecule has 0 radical (unpaired) electrons. The lowest BCUT2D eigenvalue weighted by Crippen LogP contribution is -2.26. The van der Waals surface area contributed by atoms with Gasteiger partial charge in [0.2, 0.25) is 0 Å². The van der Waals surface area contributed by atoms with Crippen molar-refractivity contribution in [3.05, 3.63) is 29.8 Å². The Morgan fingerprint density at radius 1 is 1.06 bits per heavy atom. The smallest absolute Gasteiger partial charge is 0.125 e. The molecule has 0 heterocycles. The molecule has 0 aromatic heterocycles. The number of ether oxygens (including phenoxy) is 2. The van der Waals surface area contributed by atoms with Crippen LogP contribution in [0, 0.1) is 11.8 Å². The molecule has 0 amide bonds. The first-order valence-corrected chi connectivity index (χ1v) is 7.08. The molecule has 18 heavy (non-hydrogen) atoms. The van der Waals surface area contributed by atoms with Gasteiger partial charge in [-0.25, -0.2) is 0 Å². The van der Waals surface area contributed by atoms with Crippen LogP contribution < -0.4 is 4.74 Å². The van der Waals surface area contributed by atoms with Crippen molar-refractivity contribution in [2.75, 3.05) is 7.11 Å². The Kier molecular flexibility index (Phi) is 3.55. The number of methoxy groups -OCH3 is 1. The number of para-hydroxylation sites is 1. The van der Waals surface area contributed by atoms with Crippen molar-refractivity contribution < 1.29 is 9.47 Å². The van der Waals surface area contributed by atoms with Crippen LogP contribution in [0.2, 0.25) is 0 Å². The van der Waals surface area contributed by atoms with E-state index in [1.807, 2.05) is 12.1 Å². The predicted octanol–water partition coefficient (Wildman–Crippen LogP) is 3.79. The van der Waals surface area contributed by atoms with Gasteiger partial charge in [-0.1, -0.05) is 31.0 Å². The molecule has 2 saturated carbocycles. The summed E-state index contributed by atoms with van der Waals surface area (Å²) in [5, 5.41) is 0. The molecule has 1 aromatic rings. The quantitative estimate of drug-likeness (QED) is 0.804. The highest BCUT2D eigenvalue weighted by Gasteiger charge is 2.35. The van der Waals surface area contributed by atoms with Crippen LogP contribution in [0.15, 0.2) is 24.3 Å². The topological polar surface area (TPSA) is 18.5 Å². The molecule has 2 fully saturated rings. The van der Waals surface area contributed by atoms with Crippen molar-refractivity contribution in [3.63, 3.8) is 0 Å². The van der Waals surface area contributed by atoms with E-state index < -0.39 is 0 Å². The zero-order chi connectivity index (χ0) is 12.4. The van der Waals surface area contributed by atoms with E-state index in [1.165, 1.54) is 32.1 Å². The van der Waals surface area contributed by atoms with Crippen molar-refractivity contribution in [1.82, 2.24) is 0 Å². The van der Waals surface area contributed by atoms with Crippen molar-refractivity contribution in [2.24, 2.45) is 11.8 Å². The van der Waals surface area contributed by atoms with Crippen LogP contribution in [0.3, 0.4) is 0 Å². The third-order valence-corrected chi connectivity index (χ3v) is 4.41. The first-order chi connectivity index (χ1) is 8.85. The van der Waals surface area contributed by atoms with E-state index >= 15 is 0 Å². The van der Waals surface area contributed by atoms with Gasteiger partial charge in [-0.2, -0.15) is 0 Å². The summed E-state index contributed by atoms with van der Waals surface area (Å²) >= 11 is 0. The summed E-state index contributed by atoms with van der Waals surface area (Å²) in [6.07, 6.45) is 7.21. The summed E-state index contributed by atoms with van der Waals surface area (Å²) in [6.45, 7) is 0.635. The Morgan fingerprint density at radius 2 is 1.78 bits per heavy atom. The van der Waals surface area contributed by atoms with Gasteiger partial charge in [0.05, 0.1) is 12.7 Å². The lowest BCUT2D eigenvalue weighted by molar-refractivity contribution is 0.113. The average Bonchev–Trinajstić information content (AvgIpc) is 2.72. The highest BCUT2D eigenvalue weighted by atomic mass is 16.5. The van der Waals surface area contributed by atoms with Gasteiger partial charge in [0.25, 0.3) is 0 Å². The molecule has 0 saturated heterocycles. The van der Waals surface area contributed by atoms with E-state index in [2.05, 4.69) is 12.1 Å². The Labute approximate surface area is 109 Å². The SMILES string of the molecule is COCc1ccccc1OC1C[C@H]2CC[C@@H](C1)C2. The normalized spacial score (nSPS) is 30.4. The molecule has 98 valence electrons. The summed E-state index contributed by atoms with van der Waals surface area (Å²) in [6, 6.07) is 8.26. The fraction of sp³-hybridized carbons (Fsp3) is 0.625. The van der Waals surface area contributed by atoms with Crippen LogP contribution in [0.4, 0.5) is 0 Å². The van der Waals surface area contributed by atoms with Gasteiger partial charge in [-0.3, -0.25) is 0 Å². The van der Waals surface area contributed by atoms with Crippen LogP contribution in [-0.4, -0.2) is 13.2 Å². The van der Waals surface area contributed by atoms with Gasteiger partial charge in [0.1, 0.15) is 5.75 Å². The Morgan fingerprint density at radius 3 is 2.50 bits per heavy atom. The monoisotopic (exact) mass is 246 g/mol. The molecule has 3 rings (SSSR count). The summed E-state index contributed by atoms with van der Waals surface area (Å²) in [5.74, 6) is 2.86. The molecular weight excluding hydrogens is 224 g/mol. The average molecular weight is 246 g/mol. The molecule has 0 N–H and O–H groups in total. The lowest BCUT2D eigenvalue weighted by atomic mass is 9.87. The zero-order valence-electron chi connectivity index (χ0n) is 11.1. The maximum absolute atomic E-state index is 6.24. The van der Waals surface area contributed by atoms with Crippen LogP contribution in [0.1, 0.15) is 37.7 Å². The minimum Gasteiger partial charge on any atom is -0.490 e. The number of benzene rings is 1. The van der Waals surface area contributed by atoms with Gasteiger partial charge >= 0.3 is 0 Å². The molecule has 1 aromatic carbocycles. The summed E-state index contributed by atoms with van der Waals surface area (Å²) in [7, 11) is 1.73. The van der Waals surface area contributed by atoms with Gasteiger partial charge < -0.3 is 9.47 Å². The van der Waals surface area contributed by atoms with Gasteiger partial charge in [-0.05, 0) is 37.2 Å². The standard InChI is InChI=1S/C16H22O2/c1-17-11-14-4-2-3-5-16(14)18-15-9-12-6-7-13(8-12)10-15/h2-5,12-13,15H,6-11H2,1H3/t12-,13+,15?. The fourth-order valence-electron chi connectivity index (χ4n) is 3.62. The predicted molar refractivity (Wildman–Crippen MR) is 71.6 cm³/mol. The number of hydrogen-bond acceptors (Lipinski definition) is 2. The molecule has 0 spiro atoms. The minimum atomic E-state index is 0.425. The van der Waals surface area contributed by atoms with E-state index in [1.54, 1.807) is 7.11 Å². The van der Waals surface area contributed by atoms with Gasteiger partial charge in [0.15, 0.2) is 0 Å². The first kappa shape index (κ1) is 12.0. The van der Waals surface area contributed by atoms with Crippen LogP contribution in [0.5, 0.6) is 5.75 Å². The second-order valence-corrected chi connectivity index (χ2v) is 5.80. The lowest BCUT2D eigenvalue weighted by Gasteiger charge is -2.29. The fourth-order valence-corrected chi connectivity index (χ4v) is 3.62. The molecule has 2 nitrogen and oxygen atoms in total. The van der Waals surface area contributed by atoms with Crippen LogP contribution >= 0.6 is 0 Å². The molecule has 0 aliphatic heterocycles. The maximum Gasteiger partial charge on any atom is 0.125 e. The minimum absolute atomic E-state index is 0.425. The van der Waals surface area contributed by atoms with E-state index in [0.717, 1.165) is 23.1 Å². The first-order valence-electron chi connectivity index (χ1n) is 7.08. The highest BCUT2D eigenvalue weighted by molar-refractivity contribution is 5.33. The summed E-state index contributed by atoms with van der Waals surface area (Å²) < 4.78 is 11.5. The van der Waals surface area contributed by atoms with Crippen molar-refractivity contribution in [2.45, 2.75) is 44.8 Å². The third-order valence-electron chi connectivity index (χ3n) is 4.41. The number of hydrogen-bond donors (Lipinski definition) is 0. The second-order valence-electron chi connectivity index (χ2n) is 5.80. The van der Waals surface area contributed by atoms with Crippen molar-refractivity contribution in [3.8, 4) is 5.75 Å². The molecule has 2 aliphatic carbocycles. The number of rotatable bonds is 4. The maximum atomic E-state index is 6.24. The number of fused-ring (bicyclic) bond motifs is 2. The Hall–Kier alpha value is -1.02. The second kappa shape index (κ2) is 5.31. The largest absolute Gasteiger partial charge is 0.490 e. The van der Waals surface area contributed by atoms with Crippen LogP contribution in [-0.2, 0) is 11.3 Å². The molecule has 3 atom stereocenters. The molecule has 2 heteroatoms. The van der Waals surface area contributed by atoms with Gasteiger partial charge in [0, 0.05) is 12.7 Å². The Bertz CT molecular complexity index is 390. The zero-order valence-corrected chi connectivity index (χ0v) is 11.1. The van der Waals surface area contributed by atoms with E-state index in [-0.39, 0.29) is 0 Å². The summed E-state index contributed by atoms with van der Waals surface area (Å²) in [5.41, 5.74) is 1.16. The van der Waals surface area contributed by atoms with Crippen molar-refractivity contribution >= 4 is 0 Å². The molecule has 1 unspecified atom stereocenters. The third kappa shape index (κ3) is 2.54.